The van der Waals surface area contributed by atoms with Gasteiger partial charge in [-0.15, -0.1) is 0 Å². The second-order valence-corrected chi connectivity index (χ2v) is 12.7. The van der Waals surface area contributed by atoms with Crippen LogP contribution in [0.2, 0.25) is 0 Å². The Balaban J connectivity index is 1.41. The molecule has 1 saturated carbocycles. The molecule has 0 unspecified atom stereocenters. The van der Waals surface area contributed by atoms with Gasteiger partial charge in [0.15, 0.2) is 0 Å². The Kier molecular flexibility index (Phi) is 6.34. The normalized spacial score (nSPS) is 17.2. The fourth-order valence-electron chi connectivity index (χ4n) is 6.26. The maximum absolute atomic E-state index is 6.74. The van der Waals surface area contributed by atoms with Crippen LogP contribution in [0.1, 0.15) is 56.2 Å². The summed E-state index contributed by atoms with van der Waals surface area (Å²) in [6.45, 7) is 6.67. The van der Waals surface area contributed by atoms with Crippen molar-refractivity contribution in [1.29, 1.82) is 0 Å². The Hall–Kier alpha value is -2.40. The Morgan fingerprint density at radius 1 is 0.676 bits per heavy atom. The average molecular weight is 617 g/mol. The molecule has 0 bridgehead atoms. The van der Waals surface area contributed by atoms with Crippen molar-refractivity contribution < 1.29 is 4.74 Å². The van der Waals surface area contributed by atoms with Gasteiger partial charge in [-0.3, -0.25) is 0 Å². The molecule has 0 aromatic heterocycles. The first-order valence-corrected chi connectivity index (χ1v) is 14.6. The van der Waals surface area contributed by atoms with Gasteiger partial charge in [0, 0.05) is 26.0 Å². The number of hydrogen-bond acceptors (Lipinski definition) is 2. The lowest BCUT2D eigenvalue weighted by Gasteiger charge is -2.28. The zero-order chi connectivity index (χ0) is 25.8. The van der Waals surface area contributed by atoms with Crippen molar-refractivity contribution in [3.8, 4) is 11.1 Å². The third kappa shape index (κ3) is 4.47. The van der Waals surface area contributed by atoms with E-state index in [2.05, 4.69) is 142 Å². The highest BCUT2D eigenvalue weighted by Crippen LogP contribution is 2.55. The van der Waals surface area contributed by atoms with E-state index in [0.717, 1.165) is 38.8 Å². The second-order valence-electron chi connectivity index (χ2n) is 10.9. The van der Waals surface area contributed by atoms with Gasteiger partial charge in [-0.2, -0.15) is 0 Å². The highest BCUT2D eigenvalue weighted by molar-refractivity contribution is 9.10. The van der Waals surface area contributed by atoms with E-state index in [1.807, 2.05) is 0 Å². The summed E-state index contributed by atoms with van der Waals surface area (Å²) >= 11 is 7.16. The predicted molar refractivity (Wildman–Crippen MR) is 161 cm³/mol. The van der Waals surface area contributed by atoms with Crippen molar-refractivity contribution in [2.75, 3.05) is 4.90 Å². The van der Waals surface area contributed by atoms with E-state index in [1.165, 1.54) is 40.7 Å². The Bertz CT molecular complexity index is 1410. The highest BCUT2D eigenvalue weighted by Gasteiger charge is 2.50. The summed E-state index contributed by atoms with van der Waals surface area (Å²) in [6.07, 6.45) is 4.78. The van der Waals surface area contributed by atoms with Gasteiger partial charge in [0.1, 0.15) is 0 Å². The second kappa shape index (κ2) is 9.41. The lowest BCUT2D eigenvalue weighted by atomic mass is 9.85. The molecule has 2 aliphatic rings. The molecule has 4 aromatic rings. The topological polar surface area (TPSA) is 12.5 Å². The fourth-order valence-corrected chi connectivity index (χ4v) is 6.79. The molecule has 0 saturated heterocycles. The molecule has 1 spiro atoms. The maximum atomic E-state index is 6.74. The average Bonchev–Trinajstić information content (AvgIpc) is 3.43. The van der Waals surface area contributed by atoms with Crippen molar-refractivity contribution in [2.24, 2.45) is 0 Å². The zero-order valence-corrected chi connectivity index (χ0v) is 24.7. The van der Waals surface area contributed by atoms with Crippen LogP contribution < -0.4 is 4.90 Å². The number of anilines is 3. The van der Waals surface area contributed by atoms with Crippen LogP contribution in [0.4, 0.5) is 17.1 Å². The molecule has 37 heavy (non-hydrogen) atoms. The number of fused-ring (bicyclic) bond motifs is 2. The third-order valence-electron chi connectivity index (χ3n) is 7.97. The van der Waals surface area contributed by atoms with E-state index in [1.54, 1.807) is 0 Å². The van der Waals surface area contributed by atoms with Crippen molar-refractivity contribution in [3.63, 3.8) is 0 Å². The Morgan fingerprint density at radius 2 is 1.24 bits per heavy atom. The van der Waals surface area contributed by atoms with Crippen LogP contribution in [-0.2, 0) is 15.9 Å². The van der Waals surface area contributed by atoms with Gasteiger partial charge in [0.05, 0.1) is 11.2 Å². The minimum atomic E-state index is -0.260. The quantitative estimate of drug-likeness (QED) is 0.226. The number of benzene rings is 4. The smallest absolute Gasteiger partial charge is 0.0946 e. The molecule has 0 atom stereocenters. The van der Waals surface area contributed by atoms with Crippen molar-refractivity contribution in [2.45, 2.75) is 57.7 Å². The lowest BCUT2D eigenvalue weighted by Crippen LogP contribution is -2.25. The molecular formula is C33H31Br2NO. The molecule has 1 aliphatic carbocycles. The first-order chi connectivity index (χ1) is 17.8. The van der Waals surface area contributed by atoms with Crippen LogP contribution >= 0.6 is 31.9 Å². The van der Waals surface area contributed by atoms with Gasteiger partial charge >= 0.3 is 0 Å². The summed E-state index contributed by atoms with van der Waals surface area (Å²) in [7, 11) is 0. The first kappa shape index (κ1) is 24.9. The lowest BCUT2D eigenvalue weighted by molar-refractivity contribution is -0.122. The largest absolute Gasteiger partial charge is 0.360 e. The van der Waals surface area contributed by atoms with E-state index in [9.17, 15) is 0 Å². The van der Waals surface area contributed by atoms with E-state index in [0.29, 0.717) is 0 Å². The van der Waals surface area contributed by atoms with Gasteiger partial charge in [-0.05, 0) is 128 Å². The summed E-state index contributed by atoms with van der Waals surface area (Å²) in [6, 6.07) is 30.8. The van der Waals surface area contributed by atoms with Crippen LogP contribution in [-0.4, -0.2) is 0 Å². The van der Waals surface area contributed by atoms with E-state index < -0.39 is 0 Å². The summed E-state index contributed by atoms with van der Waals surface area (Å²) < 4.78 is 8.88. The minimum Gasteiger partial charge on any atom is -0.360 e. The van der Waals surface area contributed by atoms with Crippen LogP contribution in [0.3, 0.4) is 0 Å². The molecule has 6 rings (SSSR count). The number of ether oxygens (including phenoxy) is 1. The molecule has 1 fully saturated rings. The van der Waals surface area contributed by atoms with Gasteiger partial charge in [-0.25, -0.2) is 0 Å². The molecule has 2 nitrogen and oxygen atoms in total. The van der Waals surface area contributed by atoms with E-state index >= 15 is 0 Å². The van der Waals surface area contributed by atoms with Gasteiger partial charge < -0.3 is 9.64 Å². The molecule has 4 aromatic carbocycles. The molecule has 0 amide bonds. The molecular weight excluding hydrogens is 586 g/mol. The summed E-state index contributed by atoms with van der Waals surface area (Å²) in [5.41, 5.74) is 9.58. The van der Waals surface area contributed by atoms with Crippen molar-refractivity contribution in [3.05, 3.63) is 111 Å². The predicted octanol–water partition coefficient (Wildman–Crippen LogP) is 10.7. The van der Waals surface area contributed by atoms with Crippen molar-refractivity contribution in [1.82, 2.24) is 0 Å². The standard InChI is InChI=1S/C33H31Br2NO/c1-22-20-28(36(26-11-7-24(34)8-12-26)27-13-9-25(35)10-14-27)15-16-29(22)23-6-17-30-31(21-23)32(2,3)37-33(30)18-4-5-19-33/h6-17,20-21H,4-5,18-19H2,1-3H3. The van der Waals surface area contributed by atoms with Crippen LogP contribution in [0.15, 0.2) is 93.9 Å². The van der Waals surface area contributed by atoms with E-state index in [4.69, 9.17) is 4.74 Å². The first-order valence-electron chi connectivity index (χ1n) is 13.0. The third-order valence-corrected chi connectivity index (χ3v) is 9.03. The fraction of sp³-hybridized carbons (Fsp3) is 0.273. The van der Waals surface area contributed by atoms with Crippen molar-refractivity contribution >= 4 is 48.9 Å². The Morgan fingerprint density at radius 3 is 1.81 bits per heavy atom. The minimum absolute atomic E-state index is 0.0773. The monoisotopic (exact) mass is 615 g/mol. The van der Waals surface area contributed by atoms with Gasteiger partial charge in [0.25, 0.3) is 0 Å². The molecule has 0 N–H and O–H groups in total. The number of rotatable bonds is 4. The summed E-state index contributed by atoms with van der Waals surface area (Å²) in [4.78, 5) is 2.30. The number of nitrogens with zero attached hydrogens (tertiary/aromatic N) is 1. The zero-order valence-electron chi connectivity index (χ0n) is 21.5. The number of hydrogen-bond donors (Lipinski definition) is 0. The van der Waals surface area contributed by atoms with Gasteiger partial charge in [-0.1, -0.05) is 62.9 Å². The Labute approximate surface area is 236 Å². The van der Waals surface area contributed by atoms with Crippen LogP contribution in [0, 0.1) is 6.92 Å². The van der Waals surface area contributed by atoms with Gasteiger partial charge in [0.2, 0.25) is 0 Å². The molecule has 1 aliphatic heterocycles. The number of halogens is 2. The van der Waals surface area contributed by atoms with E-state index in [-0.39, 0.29) is 11.2 Å². The number of aryl methyl sites for hydroxylation is 1. The molecule has 188 valence electrons. The maximum Gasteiger partial charge on any atom is 0.0946 e. The van der Waals surface area contributed by atoms with Crippen LogP contribution in [0.5, 0.6) is 0 Å². The SMILES string of the molecule is Cc1cc(N(c2ccc(Br)cc2)c2ccc(Br)cc2)ccc1-c1ccc2c(c1)C(C)(C)OC21CCCC1. The molecule has 4 heteroatoms. The molecule has 0 radical (unpaired) electrons. The summed E-state index contributed by atoms with van der Waals surface area (Å²) in [5, 5.41) is 0. The molecule has 1 heterocycles. The highest BCUT2D eigenvalue weighted by atomic mass is 79.9. The van der Waals surface area contributed by atoms with Crippen LogP contribution in [0.25, 0.3) is 11.1 Å². The summed E-state index contributed by atoms with van der Waals surface area (Å²) in [5.74, 6) is 0.